The van der Waals surface area contributed by atoms with Gasteiger partial charge in [-0.3, -0.25) is 0 Å². The van der Waals surface area contributed by atoms with Crippen molar-refractivity contribution in [3.8, 4) is 0 Å². The van der Waals surface area contributed by atoms with E-state index in [4.69, 9.17) is 0 Å². The number of rotatable bonds is 0. The summed E-state index contributed by atoms with van der Waals surface area (Å²) < 4.78 is 7.12. The lowest BCUT2D eigenvalue weighted by Gasteiger charge is -2.47. The first-order chi connectivity index (χ1) is 5.46. The Hall–Kier alpha value is 0.0748. The molecular weight excluding hydrogens is 147 g/mol. The fourth-order valence-corrected chi connectivity index (χ4v) is 1.80. The second-order valence-electron chi connectivity index (χ2n) is 3.89. The lowest BCUT2D eigenvalue weighted by Crippen LogP contribution is -2.72. The minimum Gasteiger partial charge on any atom is -0.360 e. The Morgan fingerprint density at radius 3 is 0.917 bits per heavy atom. The van der Waals surface area contributed by atoms with Gasteiger partial charge >= 0.3 is 0 Å². The van der Waals surface area contributed by atoms with Gasteiger partial charge in [0, 0.05) is 0 Å². The molecule has 0 aliphatic carbocycles. The van der Waals surface area contributed by atoms with Gasteiger partial charge < -0.3 is 14.2 Å². The van der Waals surface area contributed by atoms with E-state index >= 15 is 0 Å². The third kappa shape index (κ3) is 1.43. The monoisotopic (exact) mass is 165 g/mol. The second-order valence-corrected chi connectivity index (χ2v) is 3.89. The van der Waals surface area contributed by atoms with E-state index in [0.717, 1.165) is 0 Å². The van der Waals surface area contributed by atoms with E-state index in [9.17, 15) is 0 Å². The lowest BCUT2D eigenvalue weighted by molar-refractivity contribution is 0.545. The summed E-state index contributed by atoms with van der Waals surface area (Å²) in [6.07, 6.45) is 0. The van der Waals surface area contributed by atoms with E-state index < -0.39 is 0 Å². The van der Waals surface area contributed by atoms with Crippen LogP contribution in [0.15, 0.2) is 0 Å². The molecule has 12 heavy (non-hydrogen) atoms. The average molecular weight is 165 g/mol. The molecule has 0 aromatic rings. The minimum absolute atomic E-state index is 0.534. The van der Waals surface area contributed by atoms with E-state index in [-0.39, 0.29) is 0 Å². The number of hydrogen-bond acceptors (Lipinski definition) is 3. The van der Waals surface area contributed by atoms with Gasteiger partial charge in [0.05, 0.1) is 0 Å². The van der Waals surface area contributed by atoms with Gasteiger partial charge in [0.1, 0.15) is 0 Å². The molecule has 0 amide bonds. The predicted octanol–water partition coefficient (Wildman–Crippen LogP) is 0.149. The summed E-state index contributed by atoms with van der Waals surface area (Å²) in [6, 6.07) is 0. The predicted molar refractivity (Wildman–Crippen MR) is 58.1 cm³/mol. The molecule has 3 nitrogen and oxygen atoms in total. The molecule has 6 heteroatoms. The van der Waals surface area contributed by atoms with Crippen LogP contribution >= 0.6 is 0 Å². The topological polar surface area (TPSA) is 9.72 Å². The van der Waals surface area contributed by atoms with E-state index in [1.807, 2.05) is 0 Å². The molecule has 1 rings (SSSR count). The summed E-state index contributed by atoms with van der Waals surface area (Å²) in [5.41, 5.74) is 0. The van der Waals surface area contributed by atoms with Crippen LogP contribution in [0.25, 0.3) is 0 Å². The lowest BCUT2D eigenvalue weighted by atomic mass is 9.46. The third-order valence-electron chi connectivity index (χ3n) is 3.54. The van der Waals surface area contributed by atoms with E-state index in [0.29, 0.717) is 20.9 Å². The first-order valence-corrected chi connectivity index (χ1v) is 4.62. The quantitative estimate of drug-likeness (QED) is 0.472. The van der Waals surface area contributed by atoms with Crippen molar-refractivity contribution in [2.75, 3.05) is 21.1 Å². The zero-order chi connectivity index (χ0) is 9.46. The van der Waals surface area contributed by atoms with Crippen molar-refractivity contribution in [1.29, 1.82) is 0 Å². The maximum absolute atomic E-state index is 2.38. The van der Waals surface area contributed by atoms with Crippen LogP contribution in [0.5, 0.6) is 0 Å². The van der Waals surface area contributed by atoms with Gasteiger partial charge in [-0.1, -0.05) is 20.5 Å². The standard InChI is InChI=1S/C6H18B3N3/c1-7-10(4)8(2)12(6)9(3)11(7)5/h1-6H3. The summed E-state index contributed by atoms with van der Waals surface area (Å²) in [6.45, 7) is 8.35. The highest BCUT2D eigenvalue weighted by molar-refractivity contribution is 6.84. The summed E-state index contributed by atoms with van der Waals surface area (Å²) in [7, 11) is 6.52. The van der Waals surface area contributed by atoms with Crippen molar-refractivity contribution in [2.45, 2.75) is 20.5 Å². The Morgan fingerprint density at radius 2 is 0.750 bits per heavy atom. The van der Waals surface area contributed by atoms with Gasteiger partial charge in [-0.05, 0) is 21.1 Å². The van der Waals surface area contributed by atoms with Gasteiger partial charge in [-0.15, -0.1) is 0 Å². The summed E-state index contributed by atoms with van der Waals surface area (Å²) >= 11 is 0. The fourth-order valence-electron chi connectivity index (χ4n) is 1.80. The molecule has 0 radical (unpaired) electrons. The molecule has 1 heterocycles. The SMILES string of the molecule is CB1N(C)B(C)N(C)B(C)N1C. The number of nitrogens with zero attached hydrogens (tertiary/aromatic N) is 3. The molecule has 1 aliphatic rings. The summed E-state index contributed by atoms with van der Waals surface area (Å²) in [4.78, 5) is 0. The molecule has 0 spiro atoms. The summed E-state index contributed by atoms with van der Waals surface area (Å²) in [5.74, 6) is 0. The molecule has 0 aromatic heterocycles. The van der Waals surface area contributed by atoms with Crippen LogP contribution in [0.2, 0.25) is 20.5 Å². The highest BCUT2D eigenvalue weighted by atomic mass is 15.3. The van der Waals surface area contributed by atoms with Crippen molar-refractivity contribution in [3.63, 3.8) is 0 Å². The van der Waals surface area contributed by atoms with Crippen LogP contribution in [0.4, 0.5) is 0 Å². The molecule has 66 valence electrons. The first kappa shape index (κ1) is 10.2. The fraction of sp³-hybridized carbons (Fsp3) is 1.00. The highest BCUT2D eigenvalue weighted by Gasteiger charge is 2.40. The number of hydrogen-bond donors (Lipinski definition) is 0. The normalized spacial score (nSPS) is 24.0. The maximum Gasteiger partial charge on any atom is 0.286 e. The molecule has 0 bridgehead atoms. The zero-order valence-electron chi connectivity index (χ0n) is 9.07. The molecule has 0 atom stereocenters. The van der Waals surface area contributed by atoms with Crippen LogP contribution in [0.1, 0.15) is 0 Å². The van der Waals surface area contributed by atoms with Crippen LogP contribution < -0.4 is 0 Å². The van der Waals surface area contributed by atoms with E-state index in [1.165, 1.54) is 0 Å². The Balaban J connectivity index is 2.76. The molecular formula is C6H18B3N3. The maximum atomic E-state index is 2.38. The van der Waals surface area contributed by atoms with Gasteiger partial charge in [-0.25, -0.2) is 0 Å². The van der Waals surface area contributed by atoms with Crippen molar-refractivity contribution in [3.05, 3.63) is 0 Å². The molecule has 0 saturated carbocycles. The van der Waals surface area contributed by atoms with Gasteiger partial charge in [0.25, 0.3) is 20.9 Å². The van der Waals surface area contributed by atoms with Crippen LogP contribution in [0.3, 0.4) is 0 Å². The zero-order valence-corrected chi connectivity index (χ0v) is 9.07. The summed E-state index contributed by atoms with van der Waals surface area (Å²) in [5, 5.41) is 0. The van der Waals surface area contributed by atoms with Crippen LogP contribution in [-0.4, -0.2) is 56.3 Å². The third-order valence-corrected chi connectivity index (χ3v) is 3.54. The molecule has 0 unspecified atom stereocenters. The molecule has 0 N–H and O–H groups in total. The highest BCUT2D eigenvalue weighted by Crippen LogP contribution is 2.13. The van der Waals surface area contributed by atoms with Crippen LogP contribution in [0, 0.1) is 0 Å². The van der Waals surface area contributed by atoms with E-state index in [1.54, 1.807) is 0 Å². The van der Waals surface area contributed by atoms with Crippen molar-refractivity contribution >= 4 is 20.9 Å². The largest absolute Gasteiger partial charge is 0.360 e. The molecule has 1 saturated heterocycles. The molecule has 1 fully saturated rings. The molecule has 1 aliphatic heterocycles. The Labute approximate surface area is 77.4 Å². The Bertz CT molecular complexity index is 110. The van der Waals surface area contributed by atoms with E-state index in [2.05, 4.69) is 55.8 Å². The van der Waals surface area contributed by atoms with Gasteiger partial charge in [-0.2, -0.15) is 0 Å². The van der Waals surface area contributed by atoms with Crippen LogP contribution in [-0.2, 0) is 0 Å². The second kappa shape index (κ2) is 3.44. The van der Waals surface area contributed by atoms with Gasteiger partial charge in [0.2, 0.25) is 0 Å². The van der Waals surface area contributed by atoms with Crippen molar-refractivity contribution in [2.24, 2.45) is 0 Å². The van der Waals surface area contributed by atoms with Crippen molar-refractivity contribution in [1.82, 2.24) is 14.2 Å². The molecule has 0 aromatic carbocycles. The first-order valence-electron chi connectivity index (χ1n) is 4.62. The average Bonchev–Trinajstić information content (AvgIpc) is 2.08. The Kier molecular flexibility index (Phi) is 2.91. The smallest absolute Gasteiger partial charge is 0.286 e. The Morgan fingerprint density at radius 1 is 0.583 bits per heavy atom. The van der Waals surface area contributed by atoms with Crippen molar-refractivity contribution < 1.29 is 0 Å². The van der Waals surface area contributed by atoms with Gasteiger partial charge in [0.15, 0.2) is 0 Å². The minimum atomic E-state index is 0.534.